The molecule has 3 aromatic rings. The predicted molar refractivity (Wildman–Crippen MR) is 102 cm³/mol. The minimum atomic E-state index is -4.51. The number of benzene rings is 2. The van der Waals surface area contributed by atoms with Crippen LogP contribution in [0.4, 0.5) is 23.7 Å². The molecule has 2 aliphatic heterocycles. The summed E-state index contributed by atoms with van der Waals surface area (Å²) in [6.07, 6.45) is -4.25. The minimum Gasteiger partial charge on any atom is -0.394 e. The van der Waals surface area contributed by atoms with E-state index in [-0.39, 0.29) is 12.1 Å². The summed E-state index contributed by atoms with van der Waals surface area (Å²) in [5.41, 5.74) is 1.59. The Bertz CT molecular complexity index is 1170. The number of imide groups is 1. The highest BCUT2D eigenvalue weighted by Crippen LogP contribution is 2.42. The maximum Gasteiger partial charge on any atom is 0.416 e. The fourth-order valence-corrected chi connectivity index (χ4v) is 4.42. The van der Waals surface area contributed by atoms with Crippen molar-refractivity contribution < 1.29 is 27.9 Å². The molecule has 2 atom stereocenters. The topological polar surface area (TPSA) is 76.6 Å². The monoisotopic (exact) mass is 415 g/mol. The summed E-state index contributed by atoms with van der Waals surface area (Å²) in [6.45, 7) is -0.393. The van der Waals surface area contributed by atoms with Gasteiger partial charge in [0.25, 0.3) is 5.91 Å². The molecule has 9 heteroatoms. The molecule has 0 saturated carbocycles. The molecule has 0 bridgehead atoms. The molecule has 154 valence electrons. The lowest BCUT2D eigenvalue weighted by Crippen LogP contribution is -2.45. The molecule has 0 aliphatic carbocycles. The van der Waals surface area contributed by atoms with Crippen molar-refractivity contribution in [2.24, 2.45) is 0 Å². The minimum absolute atomic E-state index is 0.0672. The number of carbonyl (C=O) groups excluding carboxylic acids is 2. The van der Waals surface area contributed by atoms with Gasteiger partial charge in [-0.3, -0.25) is 4.79 Å². The highest BCUT2D eigenvalue weighted by Gasteiger charge is 2.52. The van der Waals surface area contributed by atoms with Crippen molar-refractivity contribution in [3.63, 3.8) is 0 Å². The quantitative estimate of drug-likeness (QED) is 0.628. The lowest BCUT2D eigenvalue weighted by Gasteiger charge is -2.34. The highest BCUT2D eigenvalue weighted by molar-refractivity contribution is 6.21. The number of hydrogen-bond acceptors (Lipinski definition) is 3. The Labute approximate surface area is 168 Å². The molecule has 3 heterocycles. The van der Waals surface area contributed by atoms with Gasteiger partial charge in [-0.25, -0.2) is 9.69 Å². The standard InChI is InChI=1S/C21H16F3N3O3/c22-21(23,24)11-5-7-12(8-6-11)26-19(29)16-9-14-13-3-1-2-4-15(13)25-18(14)17(10-28)27(16)20(26)30/h1-8,16-17,25,28H,9-10H2. The maximum atomic E-state index is 13.1. The van der Waals surface area contributed by atoms with Crippen LogP contribution in [0, 0.1) is 0 Å². The number of anilines is 1. The number of urea groups is 1. The van der Waals surface area contributed by atoms with Crippen LogP contribution in [0.1, 0.15) is 22.9 Å². The number of aromatic amines is 1. The van der Waals surface area contributed by atoms with E-state index in [1.54, 1.807) is 0 Å². The Kier molecular flexibility index (Phi) is 3.94. The zero-order chi connectivity index (χ0) is 21.2. The van der Waals surface area contributed by atoms with Crippen LogP contribution in [-0.4, -0.2) is 39.6 Å². The largest absolute Gasteiger partial charge is 0.416 e. The van der Waals surface area contributed by atoms with Crippen LogP contribution in [0.5, 0.6) is 0 Å². The third-order valence-electron chi connectivity index (χ3n) is 5.79. The Morgan fingerprint density at radius 3 is 2.43 bits per heavy atom. The van der Waals surface area contributed by atoms with E-state index in [0.29, 0.717) is 5.69 Å². The fourth-order valence-electron chi connectivity index (χ4n) is 4.42. The summed E-state index contributed by atoms with van der Waals surface area (Å²) in [6, 6.07) is 9.18. The zero-order valence-electron chi connectivity index (χ0n) is 15.5. The number of aliphatic hydroxyl groups is 1. The summed E-state index contributed by atoms with van der Waals surface area (Å²) >= 11 is 0. The van der Waals surface area contributed by atoms with Crippen LogP contribution in [0.3, 0.4) is 0 Å². The Morgan fingerprint density at radius 1 is 1.07 bits per heavy atom. The van der Waals surface area contributed by atoms with Gasteiger partial charge in [0, 0.05) is 23.0 Å². The molecule has 1 fully saturated rings. The molecule has 1 saturated heterocycles. The number of H-pyrrole nitrogens is 1. The number of carbonyl (C=O) groups is 2. The summed E-state index contributed by atoms with van der Waals surface area (Å²) in [5.74, 6) is -0.519. The van der Waals surface area contributed by atoms with Crippen molar-refractivity contribution in [1.29, 1.82) is 0 Å². The smallest absolute Gasteiger partial charge is 0.394 e. The molecule has 2 aromatic carbocycles. The van der Waals surface area contributed by atoms with E-state index in [1.807, 2.05) is 24.3 Å². The number of fused-ring (bicyclic) bond motifs is 4. The first kappa shape index (κ1) is 18.7. The summed E-state index contributed by atoms with van der Waals surface area (Å²) in [4.78, 5) is 31.7. The molecule has 30 heavy (non-hydrogen) atoms. The van der Waals surface area contributed by atoms with Crippen LogP contribution in [0.25, 0.3) is 10.9 Å². The molecule has 2 N–H and O–H groups in total. The van der Waals surface area contributed by atoms with Crippen LogP contribution in [0.2, 0.25) is 0 Å². The summed E-state index contributed by atoms with van der Waals surface area (Å²) < 4.78 is 38.5. The first-order chi connectivity index (χ1) is 14.3. The number of aromatic nitrogens is 1. The van der Waals surface area contributed by atoms with Gasteiger partial charge in [-0.05, 0) is 35.9 Å². The van der Waals surface area contributed by atoms with Gasteiger partial charge in [0.1, 0.15) is 6.04 Å². The lowest BCUT2D eigenvalue weighted by molar-refractivity contribution is -0.137. The van der Waals surface area contributed by atoms with E-state index >= 15 is 0 Å². The second kappa shape index (κ2) is 6.33. The Morgan fingerprint density at radius 2 is 1.77 bits per heavy atom. The summed E-state index contributed by atoms with van der Waals surface area (Å²) in [5, 5.41) is 10.9. The van der Waals surface area contributed by atoms with E-state index in [4.69, 9.17) is 0 Å². The SMILES string of the molecule is O=C1C2Cc3c([nH]c4ccccc34)C(CO)N2C(=O)N1c1ccc(C(F)(F)F)cc1. The van der Waals surface area contributed by atoms with Gasteiger partial charge < -0.3 is 15.0 Å². The average Bonchev–Trinajstić information content (AvgIpc) is 3.21. The van der Waals surface area contributed by atoms with E-state index in [0.717, 1.165) is 45.6 Å². The number of rotatable bonds is 2. The third-order valence-corrected chi connectivity index (χ3v) is 5.79. The van der Waals surface area contributed by atoms with Crippen molar-refractivity contribution >= 4 is 28.5 Å². The van der Waals surface area contributed by atoms with Gasteiger partial charge in [-0.15, -0.1) is 0 Å². The van der Waals surface area contributed by atoms with Crippen molar-refractivity contribution in [1.82, 2.24) is 9.88 Å². The molecule has 0 spiro atoms. The highest BCUT2D eigenvalue weighted by atomic mass is 19.4. The fraction of sp³-hybridized carbons (Fsp3) is 0.238. The van der Waals surface area contributed by atoms with E-state index in [2.05, 4.69) is 4.98 Å². The van der Waals surface area contributed by atoms with Gasteiger partial charge >= 0.3 is 12.2 Å². The molecule has 2 unspecified atom stereocenters. The number of para-hydroxylation sites is 1. The molecule has 1 aromatic heterocycles. The van der Waals surface area contributed by atoms with Gasteiger partial charge in [0.05, 0.1) is 23.9 Å². The number of alkyl halides is 3. The van der Waals surface area contributed by atoms with E-state index in [1.165, 1.54) is 4.90 Å². The van der Waals surface area contributed by atoms with Crippen LogP contribution < -0.4 is 4.90 Å². The molecule has 0 radical (unpaired) electrons. The van der Waals surface area contributed by atoms with Crippen LogP contribution in [-0.2, 0) is 17.4 Å². The zero-order valence-corrected chi connectivity index (χ0v) is 15.5. The van der Waals surface area contributed by atoms with Crippen molar-refractivity contribution in [3.8, 4) is 0 Å². The second-order valence-corrected chi connectivity index (χ2v) is 7.39. The van der Waals surface area contributed by atoms with Crippen LogP contribution >= 0.6 is 0 Å². The Balaban J connectivity index is 1.55. The van der Waals surface area contributed by atoms with Crippen molar-refractivity contribution in [2.75, 3.05) is 11.5 Å². The number of amides is 3. The first-order valence-corrected chi connectivity index (χ1v) is 9.35. The van der Waals surface area contributed by atoms with Gasteiger partial charge in [-0.1, -0.05) is 18.2 Å². The van der Waals surface area contributed by atoms with Crippen molar-refractivity contribution in [3.05, 3.63) is 65.4 Å². The Hall–Kier alpha value is -3.33. The number of hydrogen-bond donors (Lipinski definition) is 2. The maximum absolute atomic E-state index is 13.1. The number of nitrogens with one attached hydrogen (secondary N) is 1. The average molecular weight is 415 g/mol. The summed E-state index contributed by atoms with van der Waals surface area (Å²) in [7, 11) is 0. The molecule has 3 amide bonds. The normalized spacial score (nSPS) is 21.3. The molecular weight excluding hydrogens is 399 g/mol. The number of nitrogens with zero attached hydrogens (tertiary/aromatic N) is 2. The molecule has 2 aliphatic rings. The number of halogens is 3. The molecule has 5 rings (SSSR count). The lowest BCUT2D eigenvalue weighted by atomic mass is 9.93. The predicted octanol–water partition coefficient (Wildman–Crippen LogP) is 3.61. The molecule has 6 nitrogen and oxygen atoms in total. The number of aliphatic hydroxyl groups excluding tert-OH is 1. The third kappa shape index (κ3) is 2.55. The van der Waals surface area contributed by atoms with Crippen molar-refractivity contribution in [2.45, 2.75) is 24.7 Å². The van der Waals surface area contributed by atoms with E-state index < -0.39 is 42.4 Å². The first-order valence-electron chi connectivity index (χ1n) is 9.35. The molecular formula is C21H16F3N3O3. The van der Waals surface area contributed by atoms with Gasteiger partial charge in [0.15, 0.2) is 0 Å². The van der Waals surface area contributed by atoms with Gasteiger partial charge in [0.2, 0.25) is 0 Å². The second-order valence-electron chi connectivity index (χ2n) is 7.39. The van der Waals surface area contributed by atoms with E-state index in [9.17, 15) is 27.9 Å². The van der Waals surface area contributed by atoms with Crippen LogP contribution in [0.15, 0.2) is 48.5 Å². The van der Waals surface area contributed by atoms with Gasteiger partial charge in [-0.2, -0.15) is 13.2 Å².